The van der Waals surface area contributed by atoms with Crippen molar-refractivity contribution in [1.29, 1.82) is 0 Å². The van der Waals surface area contributed by atoms with Crippen LogP contribution in [0.4, 0.5) is 0 Å². The normalized spacial score (nSPS) is 24.0. The molecular weight excluding hydrogens is 540 g/mol. The van der Waals surface area contributed by atoms with Crippen LogP contribution in [0.1, 0.15) is 96.1 Å². The number of nitrogens with two attached hydrogens (primary N) is 1. The molecule has 0 saturated heterocycles. The van der Waals surface area contributed by atoms with Crippen molar-refractivity contribution in [2.45, 2.75) is 84.5 Å². The molecule has 9 nitrogen and oxygen atoms in total. The Morgan fingerprint density at radius 2 is 1.28 bits per heavy atom. The highest BCUT2D eigenvalue weighted by molar-refractivity contribution is 5.85. The molecule has 0 atom stereocenters. The van der Waals surface area contributed by atoms with Crippen molar-refractivity contribution < 1.29 is 4.79 Å². The monoisotopic (exact) mass is 582 g/mol. The van der Waals surface area contributed by atoms with Crippen LogP contribution in [-0.4, -0.2) is 25.2 Å². The van der Waals surface area contributed by atoms with Gasteiger partial charge in [-0.3, -0.25) is 19.8 Å². The summed E-state index contributed by atoms with van der Waals surface area (Å²) in [5, 5.41) is 1.10. The molecule has 4 aliphatic carbocycles. The van der Waals surface area contributed by atoms with E-state index < -0.39 is 0 Å². The smallest absolute Gasteiger partial charge is 0.280 e. The van der Waals surface area contributed by atoms with Gasteiger partial charge in [0.15, 0.2) is 0 Å². The first kappa shape index (κ1) is 29.1. The molecule has 226 valence electrons. The van der Waals surface area contributed by atoms with Crippen molar-refractivity contribution in [3.63, 3.8) is 0 Å². The third kappa shape index (κ3) is 5.57. The molecule has 4 bridgehead atoms. The zero-order valence-corrected chi connectivity index (χ0v) is 25.5. The summed E-state index contributed by atoms with van der Waals surface area (Å²) in [4.78, 5) is 47.0. The van der Waals surface area contributed by atoms with Gasteiger partial charge in [-0.2, -0.15) is 0 Å². The zero-order chi connectivity index (χ0) is 30.5. The van der Waals surface area contributed by atoms with Gasteiger partial charge in [-0.15, -0.1) is 0 Å². The van der Waals surface area contributed by atoms with Crippen molar-refractivity contribution in [2.75, 3.05) is 11.3 Å². The van der Waals surface area contributed by atoms with E-state index >= 15 is 0 Å². The van der Waals surface area contributed by atoms with Gasteiger partial charge in [0.2, 0.25) is 5.91 Å². The largest absolute Gasteiger partial charge is 0.335 e. The van der Waals surface area contributed by atoms with Gasteiger partial charge in [-0.05, 0) is 86.0 Å². The van der Waals surface area contributed by atoms with E-state index in [9.17, 15) is 14.4 Å². The molecule has 9 heteroatoms. The molecule has 4 saturated carbocycles. The Hall–Kier alpha value is -4.01. The minimum absolute atomic E-state index is 0.0389. The molecule has 3 N–H and O–H groups in total. The number of carbonyl (C=O) groups excluding carboxylic acids is 1. The van der Waals surface area contributed by atoms with Crippen LogP contribution in [0, 0.1) is 23.2 Å². The number of benzene rings is 2. The molecule has 1 amide bonds. The minimum atomic E-state index is -0.190. The van der Waals surface area contributed by atoms with Gasteiger partial charge in [0.05, 0.1) is 21.8 Å². The molecule has 4 fully saturated rings. The van der Waals surface area contributed by atoms with Gasteiger partial charge in [0, 0.05) is 18.3 Å². The summed E-state index contributed by atoms with van der Waals surface area (Å²) in [6.07, 6.45) is 8.20. The van der Waals surface area contributed by atoms with Crippen LogP contribution in [0.2, 0.25) is 0 Å². The fraction of sp³-hybridized carbons (Fsp3) is 0.500. The lowest BCUT2D eigenvalue weighted by atomic mass is 9.49. The highest BCUT2D eigenvalue weighted by Gasteiger charge is 2.51. The maximum absolute atomic E-state index is 13.1. The molecule has 4 aromatic rings. The molecule has 43 heavy (non-hydrogen) atoms. The number of fused-ring (bicyclic) bond motifs is 2. The van der Waals surface area contributed by atoms with E-state index in [4.69, 9.17) is 5.84 Å². The summed E-state index contributed by atoms with van der Waals surface area (Å²) in [7, 11) is 0. The summed E-state index contributed by atoms with van der Waals surface area (Å²) in [6, 6.07) is 14.6. The summed E-state index contributed by atoms with van der Waals surface area (Å²) in [5.41, 5.74) is 4.10. The van der Waals surface area contributed by atoms with Crippen molar-refractivity contribution in [2.24, 2.45) is 23.2 Å². The molecule has 4 aliphatic rings. The van der Waals surface area contributed by atoms with E-state index in [2.05, 4.69) is 15.4 Å². The lowest BCUT2D eigenvalue weighted by Gasteiger charge is -2.56. The van der Waals surface area contributed by atoms with Gasteiger partial charge in [0.25, 0.3) is 11.1 Å². The number of rotatable bonds is 5. The van der Waals surface area contributed by atoms with Crippen LogP contribution < -0.4 is 22.4 Å². The average molecular weight is 583 g/mol. The van der Waals surface area contributed by atoms with Crippen LogP contribution in [0.3, 0.4) is 0 Å². The maximum Gasteiger partial charge on any atom is 0.280 e. The quantitative estimate of drug-likeness (QED) is 0.302. The minimum Gasteiger partial charge on any atom is -0.335 e. The Bertz CT molecular complexity index is 1770. The number of nitrogens with zero attached hydrogens (tertiary/aromatic N) is 4. The molecule has 2 aromatic heterocycles. The number of hydrogen-bond donors (Lipinski definition) is 2. The van der Waals surface area contributed by atoms with Gasteiger partial charge in [0.1, 0.15) is 11.6 Å². The third-order valence-electron chi connectivity index (χ3n) is 9.61. The van der Waals surface area contributed by atoms with Crippen LogP contribution in [0.5, 0.6) is 0 Å². The summed E-state index contributed by atoms with van der Waals surface area (Å²) in [6.45, 7) is 7.91. The fourth-order valence-electron chi connectivity index (χ4n) is 8.23. The van der Waals surface area contributed by atoms with E-state index in [1.165, 1.54) is 43.2 Å². The highest BCUT2D eigenvalue weighted by atomic mass is 16.2. The number of aromatic nitrogens is 4. The summed E-state index contributed by atoms with van der Waals surface area (Å²) in [5.74, 6) is 9.49. The summed E-state index contributed by atoms with van der Waals surface area (Å²) >= 11 is 0. The van der Waals surface area contributed by atoms with Crippen molar-refractivity contribution in [1.82, 2.24) is 19.3 Å². The standard InChI is InChI=1S/C23H29N3O2.C11H13N3O/c1-14(2)21-24-19-6-4-3-5-18(19)22(28)26(21)25-20(27)13-23-10-15-7-16(11-23)9-17(8-15)12-23;1-7(2)10-13-9-6-4-3-5-8(9)11(15)14(10)12/h3-6,14-17H,7-13H2,1-2H3,(H,25,27);3-7H,12H2,1-2H3. The second kappa shape index (κ2) is 11.2. The predicted octanol–water partition coefficient (Wildman–Crippen LogP) is 5.43. The summed E-state index contributed by atoms with van der Waals surface area (Å²) < 4.78 is 2.53. The van der Waals surface area contributed by atoms with Gasteiger partial charge in [-0.25, -0.2) is 19.3 Å². The molecule has 0 unspecified atom stereocenters. The number of amides is 1. The van der Waals surface area contributed by atoms with E-state index in [1.807, 2.05) is 58.0 Å². The SMILES string of the molecule is CC(C)c1nc2ccccc2c(=O)n1N.CC(C)c1nc2ccccc2c(=O)n1NC(=O)CC12CC3CC(CC(C3)C1)C2. The van der Waals surface area contributed by atoms with E-state index in [0.717, 1.165) is 22.4 Å². The Balaban J connectivity index is 0.000000185. The first-order valence-corrected chi connectivity index (χ1v) is 15.6. The molecule has 8 rings (SSSR count). The van der Waals surface area contributed by atoms with Crippen LogP contribution in [0.25, 0.3) is 21.8 Å². The van der Waals surface area contributed by atoms with Gasteiger partial charge < -0.3 is 5.84 Å². The van der Waals surface area contributed by atoms with E-state index in [0.29, 0.717) is 39.9 Å². The number of carbonyl (C=O) groups is 1. The van der Waals surface area contributed by atoms with Crippen LogP contribution in [-0.2, 0) is 4.79 Å². The van der Waals surface area contributed by atoms with Crippen molar-refractivity contribution in [3.05, 3.63) is 80.9 Å². The molecule has 2 heterocycles. The third-order valence-corrected chi connectivity index (χ3v) is 9.61. The lowest BCUT2D eigenvalue weighted by Crippen LogP contribution is -2.48. The number of hydrogen-bond acceptors (Lipinski definition) is 6. The predicted molar refractivity (Wildman–Crippen MR) is 170 cm³/mol. The first-order valence-electron chi connectivity index (χ1n) is 15.6. The molecule has 0 spiro atoms. The number of nitrogens with one attached hydrogen (secondary N) is 1. The number of para-hydroxylation sites is 2. The van der Waals surface area contributed by atoms with Crippen molar-refractivity contribution in [3.8, 4) is 0 Å². The van der Waals surface area contributed by atoms with Crippen LogP contribution in [0.15, 0.2) is 58.1 Å². The Labute approximate surface area is 251 Å². The van der Waals surface area contributed by atoms with Gasteiger partial charge >= 0.3 is 0 Å². The fourth-order valence-corrected chi connectivity index (χ4v) is 8.23. The number of nitrogen functional groups attached to an aromatic ring is 1. The second-order valence-electron chi connectivity index (χ2n) is 13.7. The van der Waals surface area contributed by atoms with Gasteiger partial charge in [-0.1, -0.05) is 52.0 Å². The lowest BCUT2D eigenvalue weighted by molar-refractivity contribution is -0.125. The first-order chi connectivity index (χ1) is 20.5. The second-order valence-corrected chi connectivity index (χ2v) is 13.7. The Morgan fingerprint density at radius 1 is 0.814 bits per heavy atom. The van der Waals surface area contributed by atoms with Crippen molar-refractivity contribution >= 4 is 27.7 Å². The van der Waals surface area contributed by atoms with Crippen LogP contribution >= 0.6 is 0 Å². The highest BCUT2D eigenvalue weighted by Crippen LogP contribution is 2.61. The molecule has 0 radical (unpaired) electrons. The molecular formula is C34H42N6O3. The van der Waals surface area contributed by atoms with E-state index in [-0.39, 0.29) is 34.3 Å². The Morgan fingerprint density at radius 3 is 1.79 bits per heavy atom. The maximum atomic E-state index is 13.1. The Kier molecular flexibility index (Phi) is 7.60. The zero-order valence-electron chi connectivity index (χ0n) is 25.5. The molecule has 0 aliphatic heterocycles. The molecule has 2 aromatic carbocycles. The van der Waals surface area contributed by atoms with E-state index in [1.54, 1.807) is 18.2 Å². The topological polar surface area (TPSA) is 125 Å². The average Bonchev–Trinajstić information content (AvgIpc) is 2.95.